The van der Waals surface area contributed by atoms with Crippen LogP contribution < -0.4 is 0 Å². The number of hydrogen-bond acceptors (Lipinski definition) is 4. The molecule has 4 nitrogen and oxygen atoms in total. The van der Waals surface area contributed by atoms with Crippen molar-refractivity contribution < 1.29 is 19.1 Å². The van der Waals surface area contributed by atoms with E-state index in [4.69, 9.17) is 0 Å². The second-order valence-corrected chi connectivity index (χ2v) is 2.00. The van der Waals surface area contributed by atoms with Gasteiger partial charge in [-0.1, -0.05) is 13.2 Å². The molecule has 0 aliphatic heterocycles. The average Bonchev–Trinajstić information content (AvgIpc) is 2.05. The van der Waals surface area contributed by atoms with Crippen LogP contribution in [0.4, 0.5) is 0 Å². The number of rotatable bonds is 4. The van der Waals surface area contributed by atoms with E-state index in [0.717, 1.165) is 18.6 Å². The van der Waals surface area contributed by atoms with Gasteiger partial charge in [-0.3, -0.25) is 0 Å². The summed E-state index contributed by atoms with van der Waals surface area (Å²) in [4.78, 5) is 21.6. The lowest BCUT2D eigenvalue weighted by Crippen LogP contribution is -2.04. The van der Waals surface area contributed by atoms with Crippen molar-refractivity contribution in [3.63, 3.8) is 0 Å². The highest BCUT2D eigenvalue weighted by molar-refractivity contribution is 5.96. The lowest BCUT2D eigenvalue weighted by Gasteiger charge is -1.97. The number of carbonyl (C=O) groups is 2. The summed E-state index contributed by atoms with van der Waals surface area (Å²) in [7, 11) is 0. The molecule has 0 fully saturated rings. The van der Waals surface area contributed by atoms with Gasteiger partial charge in [-0.05, 0) is 6.92 Å². The molecule has 0 aliphatic carbocycles. The minimum Gasteiger partial charge on any atom is -0.432 e. The molecule has 0 saturated carbocycles. The maximum Gasteiger partial charge on any atom is 0.338 e. The van der Waals surface area contributed by atoms with Crippen molar-refractivity contribution in [2.75, 3.05) is 0 Å². The van der Waals surface area contributed by atoms with Crippen molar-refractivity contribution in [1.82, 2.24) is 0 Å². The normalized spacial score (nSPS) is 10.1. The first-order valence-electron chi connectivity index (χ1n) is 3.43. The first-order chi connectivity index (χ1) is 6.11. The van der Waals surface area contributed by atoms with E-state index in [-0.39, 0.29) is 5.57 Å². The number of esters is 2. The predicted molar refractivity (Wildman–Crippen MR) is 46.3 cm³/mol. The Bertz CT molecular complexity index is 263. The highest BCUT2D eigenvalue weighted by Crippen LogP contribution is 1.97. The van der Waals surface area contributed by atoms with Gasteiger partial charge >= 0.3 is 11.9 Å². The van der Waals surface area contributed by atoms with Crippen LogP contribution in [0.25, 0.3) is 0 Å². The second-order valence-electron chi connectivity index (χ2n) is 2.00. The maximum atomic E-state index is 10.9. The van der Waals surface area contributed by atoms with Crippen LogP contribution in [0.3, 0.4) is 0 Å². The Morgan fingerprint density at radius 1 is 1.15 bits per heavy atom. The molecule has 0 radical (unpaired) electrons. The maximum absolute atomic E-state index is 10.9. The summed E-state index contributed by atoms with van der Waals surface area (Å²) < 4.78 is 8.76. The van der Waals surface area contributed by atoms with Gasteiger partial charge in [-0.15, -0.1) is 0 Å². The van der Waals surface area contributed by atoms with Crippen LogP contribution in [0.2, 0.25) is 0 Å². The van der Waals surface area contributed by atoms with Gasteiger partial charge in [-0.2, -0.15) is 0 Å². The monoisotopic (exact) mass is 182 g/mol. The lowest BCUT2D eigenvalue weighted by atomic mass is 10.3. The summed E-state index contributed by atoms with van der Waals surface area (Å²) in [5.41, 5.74) is 0.131. The van der Waals surface area contributed by atoms with E-state index < -0.39 is 11.9 Å². The Kier molecular flexibility index (Phi) is 4.95. The van der Waals surface area contributed by atoms with E-state index in [2.05, 4.69) is 22.6 Å². The third-order valence-electron chi connectivity index (χ3n) is 1.05. The van der Waals surface area contributed by atoms with Gasteiger partial charge in [0, 0.05) is 11.6 Å². The molecular formula is C9H10O4. The summed E-state index contributed by atoms with van der Waals surface area (Å²) in [5.74, 6) is -1.32. The van der Waals surface area contributed by atoms with Crippen molar-refractivity contribution in [2.45, 2.75) is 6.92 Å². The quantitative estimate of drug-likeness (QED) is 0.373. The molecule has 0 aromatic carbocycles. The molecular weight excluding hydrogens is 172 g/mol. The van der Waals surface area contributed by atoms with Crippen LogP contribution in [0.1, 0.15) is 6.92 Å². The standard InChI is InChI=1S/C9H10O4/c1-4-12-8(10)6-7(3)9(11)13-5-2/h4-6H,1-2H2,3H3. The second kappa shape index (κ2) is 5.77. The SMILES string of the molecule is C=COC(=O)C=C(C)C(=O)OC=C. The summed E-state index contributed by atoms with van der Waals surface area (Å²) >= 11 is 0. The molecule has 0 saturated heterocycles. The predicted octanol–water partition coefficient (Wildman–Crippen LogP) is 1.31. The molecule has 0 unspecified atom stereocenters. The van der Waals surface area contributed by atoms with Crippen molar-refractivity contribution >= 4 is 11.9 Å². The molecule has 0 aromatic rings. The van der Waals surface area contributed by atoms with E-state index in [9.17, 15) is 9.59 Å². The zero-order chi connectivity index (χ0) is 10.3. The van der Waals surface area contributed by atoms with Gasteiger partial charge in [0.15, 0.2) is 0 Å². The van der Waals surface area contributed by atoms with Crippen LogP contribution in [0.5, 0.6) is 0 Å². The van der Waals surface area contributed by atoms with Crippen LogP contribution in [0, 0.1) is 0 Å². The van der Waals surface area contributed by atoms with Gasteiger partial charge in [0.25, 0.3) is 0 Å². The molecule has 0 amide bonds. The molecule has 0 aromatic heterocycles. The van der Waals surface area contributed by atoms with Crippen molar-refractivity contribution in [1.29, 1.82) is 0 Å². The Morgan fingerprint density at radius 3 is 2.15 bits per heavy atom. The van der Waals surface area contributed by atoms with E-state index in [0.29, 0.717) is 0 Å². The minimum absolute atomic E-state index is 0.131. The third kappa shape index (κ3) is 4.58. The molecule has 70 valence electrons. The lowest BCUT2D eigenvalue weighted by molar-refractivity contribution is -0.135. The largest absolute Gasteiger partial charge is 0.432 e. The molecule has 4 heteroatoms. The van der Waals surface area contributed by atoms with Gasteiger partial charge in [0.05, 0.1) is 12.5 Å². The smallest absolute Gasteiger partial charge is 0.338 e. The molecule has 0 bridgehead atoms. The highest BCUT2D eigenvalue weighted by atomic mass is 16.5. The summed E-state index contributed by atoms with van der Waals surface area (Å²) in [6, 6.07) is 0. The van der Waals surface area contributed by atoms with Gasteiger partial charge in [0.1, 0.15) is 0 Å². The van der Waals surface area contributed by atoms with Gasteiger partial charge in [0.2, 0.25) is 0 Å². The molecule has 13 heavy (non-hydrogen) atoms. The Labute approximate surface area is 76.1 Å². The summed E-state index contributed by atoms with van der Waals surface area (Å²) in [5, 5.41) is 0. The van der Waals surface area contributed by atoms with Crippen molar-refractivity contribution in [3.05, 3.63) is 37.3 Å². The van der Waals surface area contributed by atoms with Gasteiger partial charge < -0.3 is 9.47 Å². The topological polar surface area (TPSA) is 52.6 Å². The highest BCUT2D eigenvalue weighted by Gasteiger charge is 2.06. The first kappa shape index (κ1) is 11.2. The van der Waals surface area contributed by atoms with E-state index >= 15 is 0 Å². The van der Waals surface area contributed by atoms with E-state index in [1.165, 1.54) is 6.92 Å². The zero-order valence-electron chi connectivity index (χ0n) is 7.28. The van der Waals surface area contributed by atoms with Crippen molar-refractivity contribution in [2.24, 2.45) is 0 Å². The Hall–Kier alpha value is -1.84. The third-order valence-corrected chi connectivity index (χ3v) is 1.05. The first-order valence-corrected chi connectivity index (χ1v) is 3.43. The Balaban J connectivity index is 4.29. The zero-order valence-corrected chi connectivity index (χ0v) is 7.28. The molecule has 0 N–H and O–H groups in total. The molecule has 0 spiro atoms. The minimum atomic E-state index is -0.673. The number of hydrogen-bond donors (Lipinski definition) is 0. The molecule has 0 aliphatic rings. The fraction of sp³-hybridized carbons (Fsp3) is 0.111. The van der Waals surface area contributed by atoms with E-state index in [1.54, 1.807) is 0 Å². The van der Waals surface area contributed by atoms with Crippen LogP contribution in [-0.4, -0.2) is 11.9 Å². The van der Waals surface area contributed by atoms with Gasteiger partial charge in [-0.25, -0.2) is 9.59 Å². The fourth-order valence-corrected chi connectivity index (χ4v) is 0.520. The van der Waals surface area contributed by atoms with E-state index in [1.807, 2.05) is 0 Å². The summed E-state index contributed by atoms with van der Waals surface area (Å²) in [6.45, 7) is 7.81. The van der Waals surface area contributed by atoms with Crippen molar-refractivity contribution in [3.8, 4) is 0 Å². The number of carbonyl (C=O) groups excluding carboxylic acids is 2. The van der Waals surface area contributed by atoms with Crippen LogP contribution >= 0.6 is 0 Å². The Morgan fingerprint density at radius 2 is 1.69 bits per heavy atom. The van der Waals surface area contributed by atoms with Crippen LogP contribution in [-0.2, 0) is 19.1 Å². The fourth-order valence-electron chi connectivity index (χ4n) is 0.520. The molecule has 0 heterocycles. The average molecular weight is 182 g/mol. The van der Waals surface area contributed by atoms with Crippen LogP contribution in [0.15, 0.2) is 37.3 Å². The molecule has 0 atom stereocenters. The summed E-state index contributed by atoms with van der Waals surface area (Å²) in [6.07, 6.45) is 2.97. The number of ether oxygens (including phenoxy) is 2. The molecule has 0 rings (SSSR count).